The Morgan fingerprint density at radius 1 is 1.37 bits per heavy atom. The van der Waals surface area contributed by atoms with Crippen LogP contribution in [0.1, 0.15) is 5.56 Å². The molecule has 2 N–H and O–H groups in total. The molecule has 0 spiro atoms. The third-order valence-corrected chi connectivity index (χ3v) is 5.46. The molecule has 102 valence electrons. The summed E-state index contributed by atoms with van der Waals surface area (Å²) in [6.07, 6.45) is 2.90. The molecule has 0 atom stereocenters. The van der Waals surface area contributed by atoms with E-state index in [2.05, 4.69) is 16.8 Å². The van der Waals surface area contributed by atoms with Crippen LogP contribution < -0.4 is 5.73 Å². The zero-order chi connectivity index (χ0) is 13.7. The second-order valence-electron chi connectivity index (χ2n) is 3.93. The predicted octanol–water partition coefficient (Wildman–Crippen LogP) is 0.129. The zero-order valence-electron chi connectivity index (χ0n) is 10.4. The fourth-order valence-electron chi connectivity index (χ4n) is 1.72. The first-order valence-corrected chi connectivity index (χ1v) is 8.46. The first-order valence-electron chi connectivity index (χ1n) is 5.86. The van der Waals surface area contributed by atoms with Crippen molar-refractivity contribution >= 4 is 21.8 Å². The van der Waals surface area contributed by atoms with Crippen LogP contribution in [-0.4, -0.2) is 48.8 Å². The molecule has 0 aromatic carbocycles. The lowest BCUT2D eigenvalue weighted by atomic mass is 10.3. The van der Waals surface area contributed by atoms with Crippen molar-refractivity contribution in [1.82, 2.24) is 9.29 Å². The number of pyridine rings is 1. The summed E-state index contributed by atoms with van der Waals surface area (Å²) in [6, 6.07) is 1.55. The number of aromatic nitrogens is 1. The third kappa shape index (κ3) is 3.48. The molecule has 2 rings (SSSR count). The predicted molar refractivity (Wildman–Crippen MR) is 76.3 cm³/mol. The van der Waals surface area contributed by atoms with Crippen LogP contribution in [-0.2, 0) is 10.0 Å². The van der Waals surface area contributed by atoms with Crippen LogP contribution in [0.5, 0.6) is 0 Å². The van der Waals surface area contributed by atoms with Crippen LogP contribution in [0, 0.1) is 11.8 Å². The zero-order valence-corrected chi connectivity index (χ0v) is 12.0. The maximum absolute atomic E-state index is 12.4. The van der Waals surface area contributed by atoms with E-state index in [0.717, 1.165) is 11.5 Å². The largest absolute Gasteiger partial charge is 0.320 e. The summed E-state index contributed by atoms with van der Waals surface area (Å²) in [5, 5.41) is 0. The normalized spacial score (nSPS) is 16.7. The quantitative estimate of drug-likeness (QED) is 0.785. The van der Waals surface area contributed by atoms with Gasteiger partial charge in [0.1, 0.15) is 4.90 Å². The summed E-state index contributed by atoms with van der Waals surface area (Å²) in [5.74, 6) is 7.15. The molecule has 1 aromatic heterocycles. The number of rotatable bonds is 2. The molecule has 0 aliphatic carbocycles. The highest BCUT2D eigenvalue weighted by Crippen LogP contribution is 2.19. The van der Waals surface area contributed by atoms with E-state index in [1.807, 2.05) is 0 Å². The van der Waals surface area contributed by atoms with Gasteiger partial charge in [-0.15, -0.1) is 0 Å². The van der Waals surface area contributed by atoms with E-state index in [4.69, 9.17) is 5.73 Å². The Morgan fingerprint density at radius 2 is 2.11 bits per heavy atom. The maximum atomic E-state index is 12.4. The minimum absolute atomic E-state index is 0.197. The summed E-state index contributed by atoms with van der Waals surface area (Å²) in [6.45, 7) is 1.33. The second-order valence-corrected chi connectivity index (χ2v) is 7.09. The van der Waals surface area contributed by atoms with Crippen molar-refractivity contribution in [3.8, 4) is 11.8 Å². The molecule has 1 fully saturated rings. The SMILES string of the molecule is NCC#Cc1cncc(S(=O)(=O)N2CCSCC2)c1. The molecule has 19 heavy (non-hydrogen) atoms. The van der Waals surface area contributed by atoms with Crippen molar-refractivity contribution in [2.24, 2.45) is 5.73 Å². The van der Waals surface area contributed by atoms with Gasteiger partial charge in [-0.3, -0.25) is 4.98 Å². The molecule has 0 unspecified atom stereocenters. The van der Waals surface area contributed by atoms with E-state index in [9.17, 15) is 8.42 Å². The van der Waals surface area contributed by atoms with Crippen molar-refractivity contribution < 1.29 is 8.42 Å². The van der Waals surface area contributed by atoms with Crippen LogP contribution in [0.3, 0.4) is 0 Å². The number of hydrogen-bond acceptors (Lipinski definition) is 5. The molecule has 1 saturated heterocycles. The lowest BCUT2D eigenvalue weighted by molar-refractivity contribution is 0.443. The minimum atomic E-state index is -3.45. The molecule has 1 aliphatic heterocycles. The van der Waals surface area contributed by atoms with Gasteiger partial charge in [0.2, 0.25) is 10.0 Å². The molecule has 5 nitrogen and oxygen atoms in total. The van der Waals surface area contributed by atoms with E-state index in [1.54, 1.807) is 17.8 Å². The van der Waals surface area contributed by atoms with Gasteiger partial charge in [0, 0.05) is 42.6 Å². The van der Waals surface area contributed by atoms with Gasteiger partial charge in [0.15, 0.2) is 0 Å². The molecular weight excluding hydrogens is 282 g/mol. The summed E-state index contributed by atoms with van der Waals surface area (Å²) in [4.78, 5) is 4.14. The summed E-state index contributed by atoms with van der Waals surface area (Å²) < 4.78 is 26.3. The average molecular weight is 297 g/mol. The highest BCUT2D eigenvalue weighted by Gasteiger charge is 2.26. The third-order valence-electron chi connectivity index (χ3n) is 2.66. The van der Waals surface area contributed by atoms with Crippen LogP contribution >= 0.6 is 11.8 Å². The van der Waals surface area contributed by atoms with Crippen molar-refractivity contribution in [1.29, 1.82) is 0 Å². The van der Waals surface area contributed by atoms with Crippen LogP contribution in [0.2, 0.25) is 0 Å². The average Bonchev–Trinajstić information content (AvgIpc) is 2.46. The standard InChI is InChI=1S/C12H15N3O2S2/c13-3-1-2-11-8-12(10-14-9-11)19(16,17)15-4-6-18-7-5-15/h8-10H,3-7,13H2. The van der Waals surface area contributed by atoms with Crippen molar-refractivity contribution in [3.05, 3.63) is 24.0 Å². The Bertz CT molecular complexity index is 599. The van der Waals surface area contributed by atoms with Crippen molar-refractivity contribution in [2.45, 2.75) is 4.90 Å². The van der Waals surface area contributed by atoms with E-state index in [1.165, 1.54) is 16.7 Å². The Labute approximate surface area is 117 Å². The van der Waals surface area contributed by atoms with E-state index in [-0.39, 0.29) is 11.4 Å². The second kappa shape index (κ2) is 6.39. The van der Waals surface area contributed by atoms with Crippen molar-refractivity contribution in [3.63, 3.8) is 0 Å². The van der Waals surface area contributed by atoms with E-state index < -0.39 is 10.0 Å². The molecule has 0 bridgehead atoms. The van der Waals surface area contributed by atoms with Gasteiger partial charge in [-0.05, 0) is 6.07 Å². The molecular formula is C12H15N3O2S2. The van der Waals surface area contributed by atoms with Gasteiger partial charge < -0.3 is 5.73 Å². The molecule has 1 aromatic rings. The Balaban J connectivity index is 2.29. The van der Waals surface area contributed by atoms with Crippen LogP contribution in [0.15, 0.2) is 23.4 Å². The lowest BCUT2D eigenvalue weighted by Crippen LogP contribution is -2.37. The summed E-state index contributed by atoms with van der Waals surface area (Å²) in [5.41, 5.74) is 5.86. The molecule has 0 radical (unpaired) electrons. The fraction of sp³-hybridized carbons (Fsp3) is 0.417. The first-order chi connectivity index (χ1) is 9.14. The Kier molecular flexibility index (Phi) is 4.82. The molecule has 7 heteroatoms. The molecule has 0 saturated carbocycles. The van der Waals surface area contributed by atoms with Crippen LogP contribution in [0.4, 0.5) is 0 Å². The fourth-order valence-corrected chi connectivity index (χ4v) is 4.28. The van der Waals surface area contributed by atoms with Gasteiger partial charge in [-0.2, -0.15) is 16.1 Å². The first kappa shape index (κ1) is 14.3. The Morgan fingerprint density at radius 3 is 2.79 bits per heavy atom. The number of thioether (sulfide) groups is 1. The number of hydrogen-bond donors (Lipinski definition) is 1. The van der Waals surface area contributed by atoms with Gasteiger partial charge in [0.25, 0.3) is 0 Å². The lowest BCUT2D eigenvalue weighted by Gasteiger charge is -2.25. The monoisotopic (exact) mass is 297 g/mol. The highest BCUT2D eigenvalue weighted by atomic mass is 32.2. The van der Waals surface area contributed by atoms with Crippen molar-refractivity contribution in [2.75, 3.05) is 31.1 Å². The molecule has 2 heterocycles. The van der Waals surface area contributed by atoms with Gasteiger partial charge in [-0.25, -0.2) is 8.42 Å². The minimum Gasteiger partial charge on any atom is -0.320 e. The molecule has 1 aliphatic rings. The summed E-state index contributed by atoms with van der Waals surface area (Å²) >= 11 is 1.77. The number of nitrogens with two attached hydrogens (primary N) is 1. The highest BCUT2D eigenvalue weighted by molar-refractivity contribution is 7.99. The number of nitrogens with zero attached hydrogens (tertiary/aromatic N) is 2. The van der Waals surface area contributed by atoms with E-state index in [0.29, 0.717) is 18.7 Å². The smallest absolute Gasteiger partial charge is 0.244 e. The number of sulfonamides is 1. The molecule has 0 amide bonds. The topological polar surface area (TPSA) is 76.3 Å². The Hall–Kier alpha value is -1.07. The van der Waals surface area contributed by atoms with Gasteiger partial charge in [0.05, 0.1) is 6.54 Å². The van der Waals surface area contributed by atoms with Gasteiger partial charge in [-0.1, -0.05) is 11.8 Å². The summed E-state index contributed by atoms with van der Waals surface area (Å²) in [7, 11) is -3.45. The maximum Gasteiger partial charge on any atom is 0.244 e. The van der Waals surface area contributed by atoms with E-state index >= 15 is 0 Å². The van der Waals surface area contributed by atoms with Gasteiger partial charge >= 0.3 is 0 Å². The van der Waals surface area contributed by atoms with Crippen LogP contribution in [0.25, 0.3) is 0 Å².